The molecule has 0 bridgehead atoms. The molecule has 0 heterocycles. The van der Waals surface area contributed by atoms with Gasteiger partial charge in [-0.2, -0.15) is 0 Å². The molecule has 0 amide bonds. The number of hydrogen-bond donors (Lipinski definition) is 0. The fraction of sp³-hybridized carbons (Fsp3) is 0.0769. The van der Waals surface area contributed by atoms with Crippen molar-refractivity contribution < 1.29 is 9.11 Å². The van der Waals surface area contributed by atoms with E-state index in [2.05, 4.69) is 74.5 Å². The van der Waals surface area contributed by atoms with E-state index in [1.54, 1.807) is 0 Å². The molecule has 0 saturated carbocycles. The summed E-state index contributed by atoms with van der Waals surface area (Å²) in [4.78, 5) is 3.12. The van der Waals surface area contributed by atoms with Gasteiger partial charge in [0.1, 0.15) is 0 Å². The van der Waals surface area contributed by atoms with E-state index >= 15 is 0 Å². The quantitative estimate of drug-likeness (QED) is 0.192. The van der Waals surface area contributed by atoms with Crippen LogP contribution in [-0.4, -0.2) is 9.11 Å². The number of aryl methyl sites for hydroxylation is 2. The standard InChI is InChI=1S/C39H28O2S2/c1-25-13-17-31-32-18-14-26(2)22-36(32)39(35(31)21-25)37-23-29(42(40)27-9-5-3-6-10-27)15-19-33(37)34-20-16-30(24-38(34)39)43(41)28-11-7-4-8-12-28/h3-24H,1-2H3. The molecule has 8 rings (SSSR count). The maximum absolute atomic E-state index is 13.9. The van der Waals surface area contributed by atoms with E-state index in [9.17, 15) is 9.11 Å². The van der Waals surface area contributed by atoms with Crippen LogP contribution in [0.5, 0.6) is 0 Å². The van der Waals surface area contributed by atoms with Crippen LogP contribution >= 0.6 is 0 Å². The second-order valence-corrected chi connectivity index (χ2v) is 14.4. The molecule has 0 saturated heterocycles. The molecule has 0 N–H and O–H groups in total. The van der Waals surface area contributed by atoms with E-state index in [1.807, 2.05) is 72.8 Å². The van der Waals surface area contributed by atoms with Crippen LogP contribution in [0, 0.1) is 13.8 Å². The summed E-state index contributed by atoms with van der Waals surface area (Å²) in [5, 5.41) is 0. The van der Waals surface area contributed by atoms with Crippen molar-refractivity contribution in [2.24, 2.45) is 0 Å². The Labute approximate surface area is 258 Å². The van der Waals surface area contributed by atoms with Gasteiger partial charge in [0.15, 0.2) is 19.6 Å². The zero-order valence-electron chi connectivity index (χ0n) is 23.8. The molecule has 208 valence electrons. The van der Waals surface area contributed by atoms with Crippen LogP contribution in [0.1, 0.15) is 33.4 Å². The highest BCUT2D eigenvalue weighted by Crippen LogP contribution is 2.63. The van der Waals surface area contributed by atoms with E-state index in [0.29, 0.717) is 0 Å². The van der Waals surface area contributed by atoms with Gasteiger partial charge in [-0.05, 0) is 119 Å². The summed E-state index contributed by atoms with van der Waals surface area (Å²) < 4.78 is 27.8. The van der Waals surface area contributed by atoms with Crippen molar-refractivity contribution >= 4 is 22.4 Å². The van der Waals surface area contributed by atoms with E-state index < -0.39 is 27.8 Å². The maximum atomic E-state index is 13.9. The summed E-state index contributed by atoms with van der Waals surface area (Å²) in [6.45, 7) is 4.28. The molecular weight excluding hydrogens is 565 g/mol. The number of rotatable bonds is 4. The van der Waals surface area contributed by atoms with Gasteiger partial charge < -0.3 is 9.11 Å². The van der Waals surface area contributed by atoms with Crippen LogP contribution in [0.15, 0.2) is 153 Å². The zero-order valence-corrected chi connectivity index (χ0v) is 25.5. The first-order valence-electron chi connectivity index (χ1n) is 14.4. The van der Waals surface area contributed by atoms with Gasteiger partial charge >= 0.3 is 0 Å². The van der Waals surface area contributed by atoms with E-state index in [-0.39, 0.29) is 0 Å². The first kappa shape index (κ1) is 26.6. The van der Waals surface area contributed by atoms with E-state index in [1.165, 1.54) is 33.4 Å². The molecule has 2 aliphatic carbocycles. The Morgan fingerprint density at radius 3 is 1.14 bits per heavy atom. The van der Waals surface area contributed by atoms with Gasteiger partial charge in [-0.25, -0.2) is 0 Å². The Hall–Kier alpha value is -4.06. The van der Waals surface area contributed by atoms with Crippen LogP contribution in [0.25, 0.3) is 22.3 Å². The van der Waals surface area contributed by atoms with Crippen molar-refractivity contribution in [2.75, 3.05) is 0 Å². The van der Waals surface area contributed by atoms with Crippen molar-refractivity contribution in [3.05, 3.63) is 167 Å². The Balaban J connectivity index is 1.44. The van der Waals surface area contributed by atoms with Gasteiger partial charge in [-0.3, -0.25) is 0 Å². The zero-order chi connectivity index (χ0) is 29.3. The van der Waals surface area contributed by atoms with Crippen molar-refractivity contribution in [2.45, 2.75) is 38.8 Å². The van der Waals surface area contributed by atoms with Gasteiger partial charge in [0.25, 0.3) is 0 Å². The summed E-state index contributed by atoms with van der Waals surface area (Å²) in [6.07, 6.45) is 0. The molecule has 0 fully saturated rings. The summed E-state index contributed by atoms with van der Waals surface area (Å²) in [6, 6.07) is 45.4. The molecule has 2 unspecified atom stereocenters. The van der Waals surface area contributed by atoms with Gasteiger partial charge in [0.2, 0.25) is 0 Å². The summed E-state index contributed by atoms with van der Waals surface area (Å²) in [5.74, 6) is 0. The third-order valence-corrected chi connectivity index (χ3v) is 11.6. The highest BCUT2D eigenvalue weighted by molar-refractivity contribution is 7.91. The third-order valence-electron chi connectivity index (χ3n) is 8.87. The number of fused-ring (bicyclic) bond motifs is 10. The molecule has 0 radical (unpaired) electrons. The van der Waals surface area contributed by atoms with Crippen molar-refractivity contribution in [3.8, 4) is 22.3 Å². The minimum atomic E-state index is -1.33. The van der Waals surface area contributed by atoms with Crippen LogP contribution in [0.3, 0.4) is 0 Å². The Morgan fingerprint density at radius 1 is 0.395 bits per heavy atom. The lowest BCUT2D eigenvalue weighted by Crippen LogP contribution is -2.26. The van der Waals surface area contributed by atoms with E-state index in [0.717, 1.165) is 41.8 Å². The van der Waals surface area contributed by atoms with E-state index in [4.69, 9.17) is 0 Å². The number of hydrogen-bond acceptors (Lipinski definition) is 2. The molecule has 2 nitrogen and oxygen atoms in total. The molecular formula is C39H28O2S2. The molecule has 6 aromatic rings. The molecule has 4 heteroatoms. The SMILES string of the molecule is Cc1ccc2c(c1)C1(c3cc(C)ccc3-2)c2cc([S+]([O-])c3ccccc3)ccc2-c2ccc([S+]([O-])c3ccccc3)cc21. The molecule has 0 aliphatic heterocycles. The molecule has 0 aromatic heterocycles. The molecule has 1 spiro atoms. The molecule has 43 heavy (non-hydrogen) atoms. The van der Waals surface area contributed by atoms with Gasteiger partial charge in [-0.15, -0.1) is 0 Å². The summed E-state index contributed by atoms with van der Waals surface area (Å²) in [5.41, 5.74) is 11.1. The average molecular weight is 593 g/mol. The topological polar surface area (TPSA) is 46.1 Å². The van der Waals surface area contributed by atoms with Gasteiger partial charge in [0, 0.05) is 22.4 Å². The Morgan fingerprint density at radius 2 is 0.744 bits per heavy atom. The molecule has 6 aromatic carbocycles. The Kier molecular flexibility index (Phi) is 6.18. The predicted molar refractivity (Wildman–Crippen MR) is 174 cm³/mol. The van der Waals surface area contributed by atoms with Crippen LogP contribution in [0.4, 0.5) is 0 Å². The Bertz CT molecular complexity index is 1890. The van der Waals surface area contributed by atoms with Crippen molar-refractivity contribution in [1.29, 1.82) is 0 Å². The second-order valence-electron chi connectivity index (χ2n) is 11.4. The summed E-state index contributed by atoms with van der Waals surface area (Å²) >= 11 is -2.66. The fourth-order valence-electron chi connectivity index (χ4n) is 7.00. The molecule has 2 atom stereocenters. The highest BCUT2D eigenvalue weighted by Gasteiger charge is 2.52. The van der Waals surface area contributed by atoms with Crippen LogP contribution < -0.4 is 0 Å². The highest BCUT2D eigenvalue weighted by atomic mass is 32.2. The minimum Gasteiger partial charge on any atom is -0.606 e. The average Bonchev–Trinajstić information content (AvgIpc) is 3.50. The minimum absolute atomic E-state index is 0.624. The van der Waals surface area contributed by atoms with Gasteiger partial charge in [-0.1, -0.05) is 83.9 Å². The van der Waals surface area contributed by atoms with Crippen molar-refractivity contribution in [1.82, 2.24) is 0 Å². The normalized spacial score (nSPS) is 15.0. The lowest BCUT2D eigenvalue weighted by Gasteiger charge is -2.31. The first-order valence-corrected chi connectivity index (χ1v) is 16.7. The smallest absolute Gasteiger partial charge is 0.158 e. The number of benzene rings is 6. The lowest BCUT2D eigenvalue weighted by atomic mass is 9.70. The van der Waals surface area contributed by atoms with Crippen LogP contribution in [-0.2, 0) is 27.8 Å². The predicted octanol–water partition coefficient (Wildman–Crippen LogP) is 8.98. The first-order chi connectivity index (χ1) is 21.0. The lowest BCUT2D eigenvalue weighted by molar-refractivity contribution is 0.594. The monoisotopic (exact) mass is 592 g/mol. The van der Waals surface area contributed by atoms with Gasteiger partial charge in [0.05, 0.1) is 5.41 Å². The molecule has 2 aliphatic rings. The fourth-order valence-corrected chi connectivity index (χ4v) is 9.19. The third kappa shape index (κ3) is 3.91. The summed E-state index contributed by atoms with van der Waals surface area (Å²) in [7, 11) is 0. The largest absolute Gasteiger partial charge is 0.606 e. The maximum Gasteiger partial charge on any atom is 0.158 e. The second kappa shape index (κ2) is 10.0. The van der Waals surface area contributed by atoms with Crippen molar-refractivity contribution in [3.63, 3.8) is 0 Å². The van der Waals surface area contributed by atoms with Crippen LogP contribution in [0.2, 0.25) is 0 Å².